The lowest BCUT2D eigenvalue weighted by molar-refractivity contribution is -0.667. The summed E-state index contributed by atoms with van der Waals surface area (Å²) in [6, 6.07) is 6.10. The molecule has 84 valence electrons. The van der Waals surface area contributed by atoms with Gasteiger partial charge in [-0.15, -0.1) is 0 Å². The highest BCUT2D eigenvalue weighted by Gasteiger charge is 2.05. The highest BCUT2D eigenvalue weighted by atomic mass is 16.5. The van der Waals surface area contributed by atoms with Crippen molar-refractivity contribution in [3.63, 3.8) is 0 Å². The Bertz CT molecular complexity index is 300. The largest absolute Gasteiger partial charge is 0.493 e. The van der Waals surface area contributed by atoms with E-state index in [1.165, 1.54) is 5.56 Å². The molecule has 0 saturated carbocycles. The SMILES string of the molecule is CC[NH2+]Cc1ccc(OCC)c(OC)c1. The van der Waals surface area contributed by atoms with Crippen LogP contribution in [0.15, 0.2) is 18.2 Å². The molecule has 0 fully saturated rings. The smallest absolute Gasteiger partial charge is 0.161 e. The van der Waals surface area contributed by atoms with Gasteiger partial charge in [0.05, 0.1) is 20.3 Å². The van der Waals surface area contributed by atoms with E-state index in [0.29, 0.717) is 6.61 Å². The molecular weight excluding hydrogens is 190 g/mol. The summed E-state index contributed by atoms with van der Waals surface area (Å²) < 4.78 is 10.7. The fourth-order valence-electron chi connectivity index (χ4n) is 1.42. The lowest BCUT2D eigenvalue weighted by Gasteiger charge is -2.10. The molecule has 0 unspecified atom stereocenters. The van der Waals surface area contributed by atoms with Gasteiger partial charge in [0.1, 0.15) is 6.54 Å². The van der Waals surface area contributed by atoms with E-state index in [4.69, 9.17) is 9.47 Å². The summed E-state index contributed by atoms with van der Waals surface area (Å²) in [5, 5.41) is 2.25. The van der Waals surface area contributed by atoms with Crippen molar-refractivity contribution in [1.29, 1.82) is 0 Å². The summed E-state index contributed by atoms with van der Waals surface area (Å²) in [6.45, 7) is 6.86. The van der Waals surface area contributed by atoms with Gasteiger partial charge in [0.15, 0.2) is 11.5 Å². The van der Waals surface area contributed by atoms with Crippen LogP contribution in [-0.4, -0.2) is 20.3 Å². The van der Waals surface area contributed by atoms with Crippen molar-refractivity contribution in [2.75, 3.05) is 20.3 Å². The van der Waals surface area contributed by atoms with Gasteiger partial charge in [0.2, 0.25) is 0 Å². The van der Waals surface area contributed by atoms with E-state index < -0.39 is 0 Å². The average Bonchev–Trinajstić information content (AvgIpc) is 2.28. The van der Waals surface area contributed by atoms with E-state index in [9.17, 15) is 0 Å². The molecule has 3 heteroatoms. The summed E-state index contributed by atoms with van der Waals surface area (Å²) in [7, 11) is 1.67. The van der Waals surface area contributed by atoms with Crippen LogP contribution in [0, 0.1) is 0 Å². The van der Waals surface area contributed by atoms with Gasteiger partial charge in [-0.25, -0.2) is 0 Å². The Hall–Kier alpha value is -1.22. The van der Waals surface area contributed by atoms with Gasteiger partial charge in [0, 0.05) is 5.56 Å². The molecule has 1 aromatic rings. The van der Waals surface area contributed by atoms with Crippen LogP contribution in [-0.2, 0) is 6.54 Å². The molecule has 0 aliphatic carbocycles. The van der Waals surface area contributed by atoms with Gasteiger partial charge in [0.25, 0.3) is 0 Å². The average molecular weight is 210 g/mol. The number of benzene rings is 1. The minimum Gasteiger partial charge on any atom is -0.493 e. The van der Waals surface area contributed by atoms with Crippen molar-refractivity contribution in [3.8, 4) is 11.5 Å². The molecule has 0 aromatic heterocycles. The summed E-state index contributed by atoms with van der Waals surface area (Å²) in [5.74, 6) is 1.64. The van der Waals surface area contributed by atoms with Crippen LogP contribution in [0.4, 0.5) is 0 Å². The van der Waals surface area contributed by atoms with Gasteiger partial charge in [-0.05, 0) is 32.0 Å². The topological polar surface area (TPSA) is 35.1 Å². The molecule has 0 atom stereocenters. The first kappa shape index (κ1) is 11.9. The van der Waals surface area contributed by atoms with Crippen LogP contribution in [0.2, 0.25) is 0 Å². The van der Waals surface area contributed by atoms with Crippen molar-refractivity contribution in [2.45, 2.75) is 20.4 Å². The van der Waals surface area contributed by atoms with E-state index in [1.807, 2.05) is 19.1 Å². The van der Waals surface area contributed by atoms with E-state index in [0.717, 1.165) is 24.6 Å². The molecule has 3 nitrogen and oxygen atoms in total. The number of hydrogen-bond acceptors (Lipinski definition) is 2. The molecule has 1 rings (SSSR count). The number of rotatable bonds is 6. The molecule has 0 spiro atoms. The third-order valence-corrected chi connectivity index (χ3v) is 2.20. The molecular formula is C12H20NO2+. The second-order valence-electron chi connectivity index (χ2n) is 3.32. The van der Waals surface area contributed by atoms with E-state index in [2.05, 4.69) is 18.3 Å². The maximum absolute atomic E-state index is 5.45. The zero-order chi connectivity index (χ0) is 11.1. The predicted molar refractivity (Wildman–Crippen MR) is 60.3 cm³/mol. The Morgan fingerprint density at radius 1 is 1.20 bits per heavy atom. The Morgan fingerprint density at radius 3 is 2.60 bits per heavy atom. The van der Waals surface area contributed by atoms with Crippen LogP contribution in [0.3, 0.4) is 0 Å². The van der Waals surface area contributed by atoms with E-state index in [-0.39, 0.29) is 0 Å². The maximum atomic E-state index is 5.45. The van der Waals surface area contributed by atoms with Crippen LogP contribution >= 0.6 is 0 Å². The standard InChI is InChI=1S/C12H19NO2/c1-4-13-9-10-6-7-11(15-5-2)12(8-10)14-3/h6-8,13H,4-5,9H2,1-3H3/p+1. The second kappa shape index (κ2) is 6.30. The molecule has 0 radical (unpaired) electrons. The maximum Gasteiger partial charge on any atom is 0.161 e. The molecule has 0 aliphatic rings. The Balaban J connectivity index is 2.77. The third-order valence-electron chi connectivity index (χ3n) is 2.20. The number of ether oxygens (including phenoxy) is 2. The highest BCUT2D eigenvalue weighted by Crippen LogP contribution is 2.27. The van der Waals surface area contributed by atoms with Gasteiger partial charge in [-0.2, -0.15) is 0 Å². The molecule has 0 amide bonds. The van der Waals surface area contributed by atoms with E-state index >= 15 is 0 Å². The first-order valence-corrected chi connectivity index (χ1v) is 5.43. The zero-order valence-corrected chi connectivity index (χ0v) is 9.75. The van der Waals surface area contributed by atoms with Crippen molar-refractivity contribution in [3.05, 3.63) is 23.8 Å². The monoisotopic (exact) mass is 210 g/mol. The fraction of sp³-hybridized carbons (Fsp3) is 0.500. The summed E-state index contributed by atoms with van der Waals surface area (Å²) in [4.78, 5) is 0. The molecule has 0 bridgehead atoms. The zero-order valence-electron chi connectivity index (χ0n) is 9.75. The Kier molecular flexibility index (Phi) is 4.98. The van der Waals surface area contributed by atoms with Gasteiger partial charge >= 0.3 is 0 Å². The number of hydrogen-bond donors (Lipinski definition) is 1. The van der Waals surface area contributed by atoms with Gasteiger partial charge in [-0.1, -0.05) is 0 Å². The number of methoxy groups -OCH3 is 1. The van der Waals surface area contributed by atoms with Crippen molar-refractivity contribution in [2.24, 2.45) is 0 Å². The molecule has 0 saturated heterocycles. The summed E-state index contributed by atoms with van der Waals surface area (Å²) in [6.07, 6.45) is 0. The Morgan fingerprint density at radius 2 is 2.00 bits per heavy atom. The first-order chi connectivity index (χ1) is 7.31. The summed E-state index contributed by atoms with van der Waals surface area (Å²) >= 11 is 0. The van der Waals surface area contributed by atoms with Gasteiger partial charge in [-0.3, -0.25) is 0 Å². The van der Waals surface area contributed by atoms with Crippen molar-refractivity contribution >= 4 is 0 Å². The fourth-order valence-corrected chi connectivity index (χ4v) is 1.42. The van der Waals surface area contributed by atoms with E-state index in [1.54, 1.807) is 7.11 Å². The Labute approximate surface area is 91.4 Å². The summed E-state index contributed by atoms with van der Waals surface area (Å²) in [5.41, 5.74) is 1.26. The molecule has 1 aromatic carbocycles. The van der Waals surface area contributed by atoms with Crippen molar-refractivity contribution < 1.29 is 14.8 Å². The molecule has 0 heterocycles. The van der Waals surface area contributed by atoms with Crippen LogP contribution < -0.4 is 14.8 Å². The van der Waals surface area contributed by atoms with Crippen LogP contribution in [0.1, 0.15) is 19.4 Å². The number of quaternary nitrogens is 1. The predicted octanol–water partition coefficient (Wildman–Crippen LogP) is 1.18. The molecule has 15 heavy (non-hydrogen) atoms. The lowest BCUT2D eigenvalue weighted by atomic mass is 10.2. The van der Waals surface area contributed by atoms with Crippen LogP contribution in [0.5, 0.6) is 11.5 Å². The van der Waals surface area contributed by atoms with Crippen molar-refractivity contribution in [1.82, 2.24) is 0 Å². The first-order valence-electron chi connectivity index (χ1n) is 5.43. The normalized spacial score (nSPS) is 10.1. The number of nitrogens with two attached hydrogens (primary N) is 1. The van der Waals surface area contributed by atoms with Gasteiger partial charge < -0.3 is 14.8 Å². The minimum absolute atomic E-state index is 0.663. The minimum atomic E-state index is 0.663. The lowest BCUT2D eigenvalue weighted by Crippen LogP contribution is -2.81. The quantitative estimate of drug-likeness (QED) is 0.765. The molecule has 0 aliphatic heterocycles. The van der Waals surface area contributed by atoms with Crippen LogP contribution in [0.25, 0.3) is 0 Å². The highest BCUT2D eigenvalue weighted by molar-refractivity contribution is 5.42. The molecule has 2 N–H and O–H groups in total. The second-order valence-corrected chi connectivity index (χ2v) is 3.32. The third kappa shape index (κ3) is 3.44.